The Hall–Kier alpha value is -2.04. The highest BCUT2D eigenvalue weighted by molar-refractivity contribution is 5.87. The van der Waals surface area contributed by atoms with Crippen molar-refractivity contribution in [1.82, 2.24) is 10.2 Å². The van der Waals surface area contributed by atoms with E-state index in [1.54, 1.807) is 6.92 Å². The molecule has 3 N–H and O–H groups in total. The number of fused-ring (bicyclic) bond motifs is 1. The molecule has 0 aromatic heterocycles. The van der Waals surface area contributed by atoms with Crippen LogP contribution in [0.25, 0.3) is 0 Å². The van der Waals surface area contributed by atoms with E-state index in [-0.39, 0.29) is 11.9 Å². The summed E-state index contributed by atoms with van der Waals surface area (Å²) < 4.78 is 0. The van der Waals surface area contributed by atoms with E-state index in [9.17, 15) is 9.59 Å². The van der Waals surface area contributed by atoms with Crippen molar-refractivity contribution in [3.8, 4) is 0 Å². The number of amides is 3. The number of carbonyl (C=O) groups excluding carboxylic acids is 2. The summed E-state index contributed by atoms with van der Waals surface area (Å²) >= 11 is 0. The molecule has 3 amide bonds. The summed E-state index contributed by atoms with van der Waals surface area (Å²) in [5, 5.41) is 2.50. The van der Waals surface area contributed by atoms with Crippen LogP contribution in [0.2, 0.25) is 0 Å². The minimum absolute atomic E-state index is 0.0296. The molecule has 2 atom stereocenters. The molecule has 1 aromatic rings. The van der Waals surface area contributed by atoms with Crippen LogP contribution in [0.4, 0.5) is 4.79 Å². The van der Waals surface area contributed by atoms with E-state index in [1.807, 2.05) is 17.0 Å². The van der Waals surface area contributed by atoms with Crippen molar-refractivity contribution < 1.29 is 9.59 Å². The molecule has 5 nitrogen and oxygen atoms in total. The summed E-state index contributed by atoms with van der Waals surface area (Å²) in [6.45, 7) is 1.70. The summed E-state index contributed by atoms with van der Waals surface area (Å²) in [6, 6.07) is 7.54. The summed E-state index contributed by atoms with van der Waals surface area (Å²) in [7, 11) is 0. The fourth-order valence-corrected chi connectivity index (χ4v) is 3.26. The Balaban J connectivity index is 1.83. The zero-order chi connectivity index (χ0) is 15.0. The number of hydrogen-bond donors (Lipinski definition) is 2. The standard InChI is InChI=1S/C16H21N3O2/c1-10(18-16(17)21)15(20)19(12-7-8-12)14-9-6-11-4-2-3-5-13(11)14/h2-5,10,12,14H,6-9H2,1H3,(H3,17,18,21)/t10-,14+/m1/s1. The van der Waals surface area contributed by atoms with Crippen LogP contribution in [-0.4, -0.2) is 28.9 Å². The topological polar surface area (TPSA) is 75.4 Å². The first kappa shape index (κ1) is 13.9. The zero-order valence-corrected chi connectivity index (χ0v) is 12.2. The van der Waals surface area contributed by atoms with E-state index in [4.69, 9.17) is 5.73 Å². The maximum Gasteiger partial charge on any atom is 0.312 e. The van der Waals surface area contributed by atoms with Crippen LogP contribution in [-0.2, 0) is 11.2 Å². The van der Waals surface area contributed by atoms with E-state index in [1.165, 1.54) is 11.1 Å². The Kier molecular flexibility index (Phi) is 3.57. The van der Waals surface area contributed by atoms with Crippen molar-refractivity contribution in [3.05, 3.63) is 35.4 Å². The van der Waals surface area contributed by atoms with Crippen molar-refractivity contribution >= 4 is 11.9 Å². The van der Waals surface area contributed by atoms with Crippen molar-refractivity contribution in [3.63, 3.8) is 0 Å². The summed E-state index contributed by atoms with van der Waals surface area (Å²) in [5.74, 6) is -0.0296. The van der Waals surface area contributed by atoms with Gasteiger partial charge in [0.2, 0.25) is 5.91 Å². The Bertz CT molecular complexity index is 568. The number of benzene rings is 1. The monoisotopic (exact) mass is 287 g/mol. The lowest BCUT2D eigenvalue weighted by atomic mass is 10.1. The largest absolute Gasteiger partial charge is 0.352 e. The number of hydrogen-bond acceptors (Lipinski definition) is 2. The summed E-state index contributed by atoms with van der Waals surface area (Å²) in [6.07, 6.45) is 4.07. The van der Waals surface area contributed by atoms with Gasteiger partial charge in [0, 0.05) is 6.04 Å². The van der Waals surface area contributed by atoms with Gasteiger partial charge < -0.3 is 16.0 Å². The number of nitrogens with two attached hydrogens (primary N) is 1. The second-order valence-electron chi connectivity index (χ2n) is 5.96. The van der Waals surface area contributed by atoms with Gasteiger partial charge in [-0.2, -0.15) is 0 Å². The van der Waals surface area contributed by atoms with Crippen molar-refractivity contribution in [2.75, 3.05) is 0 Å². The zero-order valence-electron chi connectivity index (χ0n) is 12.2. The maximum atomic E-state index is 12.7. The summed E-state index contributed by atoms with van der Waals surface area (Å²) in [4.78, 5) is 25.7. The fraction of sp³-hybridized carbons (Fsp3) is 0.500. The van der Waals surface area contributed by atoms with Crippen molar-refractivity contribution in [2.45, 2.75) is 50.7 Å². The Morgan fingerprint density at radius 3 is 2.67 bits per heavy atom. The molecule has 112 valence electrons. The second-order valence-corrected chi connectivity index (χ2v) is 5.96. The summed E-state index contributed by atoms with van der Waals surface area (Å²) in [5.41, 5.74) is 7.72. The van der Waals surface area contributed by atoms with Gasteiger partial charge in [-0.05, 0) is 43.7 Å². The highest BCUT2D eigenvalue weighted by Gasteiger charge is 2.41. The molecule has 3 rings (SSSR count). The van der Waals surface area contributed by atoms with Gasteiger partial charge in [0.25, 0.3) is 0 Å². The quantitative estimate of drug-likeness (QED) is 0.884. The van der Waals surface area contributed by atoms with Gasteiger partial charge in [-0.25, -0.2) is 4.79 Å². The molecule has 1 fully saturated rings. The molecular weight excluding hydrogens is 266 g/mol. The lowest BCUT2D eigenvalue weighted by molar-refractivity contribution is -0.136. The van der Waals surface area contributed by atoms with Gasteiger partial charge in [-0.3, -0.25) is 4.79 Å². The lowest BCUT2D eigenvalue weighted by Gasteiger charge is -2.32. The van der Waals surface area contributed by atoms with E-state index in [2.05, 4.69) is 17.4 Å². The average molecular weight is 287 g/mol. The maximum absolute atomic E-state index is 12.7. The molecule has 0 spiro atoms. The number of urea groups is 1. The predicted molar refractivity (Wildman–Crippen MR) is 79.6 cm³/mol. The molecule has 2 aliphatic rings. The van der Waals surface area contributed by atoms with E-state index >= 15 is 0 Å². The molecule has 0 saturated heterocycles. The minimum atomic E-state index is -0.654. The third-order valence-electron chi connectivity index (χ3n) is 4.36. The van der Waals surface area contributed by atoms with Crippen LogP contribution >= 0.6 is 0 Å². The molecule has 5 heteroatoms. The number of aryl methyl sites for hydroxylation is 1. The van der Waals surface area contributed by atoms with E-state index in [0.29, 0.717) is 6.04 Å². The van der Waals surface area contributed by atoms with Crippen LogP contribution in [0.3, 0.4) is 0 Å². The molecule has 0 radical (unpaired) electrons. The minimum Gasteiger partial charge on any atom is -0.352 e. The molecule has 0 aliphatic heterocycles. The first-order valence-corrected chi connectivity index (χ1v) is 7.54. The smallest absolute Gasteiger partial charge is 0.312 e. The van der Waals surface area contributed by atoms with Gasteiger partial charge in [-0.15, -0.1) is 0 Å². The number of nitrogens with one attached hydrogen (secondary N) is 1. The van der Waals surface area contributed by atoms with Crippen molar-refractivity contribution in [2.24, 2.45) is 5.73 Å². The number of nitrogens with zero attached hydrogens (tertiary/aromatic N) is 1. The molecule has 21 heavy (non-hydrogen) atoms. The Morgan fingerprint density at radius 2 is 2.00 bits per heavy atom. The van der Waals surface area contributed by atoms with Crippen LogP contribution in [0, 0.1) is 0 Å². The van der Waals surface area contributed by atoms with Gasteiger partial charge >= 0.3 is 6.03 Å². The highest BCUT2D eigenvalue weighted by Crippen LogP contribution is 2.42. The fourth-order valence-electron chi connectivity index (χ4n) is 3.26. The highest BCUT2D eigenvalue weighted by atomic mass is 16.2. The first-order chi connectivity index (χ1) is 10.1. The van der Waals surface area contributed by atoms with E-state index in [0.717, 1.165) is 25.7 Å². The lowest BCUT2D eigenvalue weighted by Crippen LogP contribution is -2.50. The molecule has 0 bridgehead atoms. The van der Waals surface area contributed by atoms with E-state index < -0.39 is 12.1 Å². The Morgan fingerprint density at radius 1 is 1.29 bits per heavy atom. The van der Waals surface area contributed by atoms with Gasteiger partial charge in [0.05, 0.1) is 6.04 Å². The van der Waals surface area contributed by atoms with Crippen molar-refractivity contribution in [1.29, 1.82) is 0 Å². The Labute approximate surface area is 124 Å². The molecule has 0 heterocycles. The molecular formula is C16H21N3O2. The van der Waals surface area contributed by atoms with Crippen LogP contribution in [0.1, 0.15) is 43.4 Å². The molecule has 0 unspecified atom stereocenters. The normalized spacial score (nSPS) is 21.5. The van der Waals surface area contributed by atoms with Gasteiger partial charge in [0.1, 0.15) is 6.04 Å². The number of rotatable bonds is 4. The average Bonchev–Trinajstić information content (AvgIpc) is 3.19. The third-order valence-corrected chi connectivity index (χ3v) is 4.36. The van der Waals surface area contributed by atoms with Crippen LogP contribution in [0.15, 0.2) is 24.3 Å². The molecule has 1 saturated carbocycles. The molecule has 2 aliphatic carbocycles. The van der Waals surface area contributed by atoms with Crippen LogP contribution < -0.4 is 11.1 Å². The van der Waals surface area contributed by atoms with Crippen LogP contribution in [0.5, 0.6) is 0 Å². The predicted octanol–water partition coefficient (Wildman–Crippen LogP) is 1.72. The van der Waals surface area contributed by atoms with Gasteiger partial charge in [-0.1, -0.05) is 24.3 Å². The SMILES string of the molecule is C[C@@H](NC(N)=O)C(=O)N(C1CC1)[C@H]1CCc2ccccc21. The first-order valence-electron chi connectivity index (χ1n) is 7.54. The molecule has 1 aromatic carbocycles. The second kappa shape index (κ2) is 5.39. The number of carbonyl (C=O) groups is 2. The third kappa shape index (κ3) is 2.73. The van der Waals surface area contributed by atoms with Gasteiger partial charge in [0.15, 0.2) is 0 Å². The number of primary amides is 1.